The molecule has 0 spiro atoms. The molecule has 0 bridgehead atoms. The number of nitrogens with zero attached hydrogens (tertiary/aromatic N) is 1. The van der Waals surface area contributed by atoms with Crippen molar-refractivity contribution in [3.05, 3.63) is 29.8 Å². The Bertz CT molecular complexity index is 353. The zero-order valence-corrected chi connectivity index (χ0v) is 8.21. The molecule has 0 saturated heterocycles. The van der Waals surface area contributed by atoms with Crippen molar-refractivity contribution < 1.29 is 4.79 Å². The Morgan fingerprint density at radius 1 is 1.43 bits per heavy atom. The number of carbonyl (C=O) groups is 1. The second kappa shape index (κ2) is 5.25. The fourth-order valence-electron chi connectivity index (χ4n) is 0.968. The summed E-state index contributed by atoms with van der Waals surface area (Å²) in [5, 5.41) is 11.2. The maximum Gasteiger partial charge on any atom is 0.223 e. The first-order valence-corrected chi connectivity index (χ1v) is 4.52. The molecule has 72 valence electrons. The van der Waals surface area contributed by atoms with Gasteiger partial charge in [-0.1, -0.05) is 0 Å². The van der Waals surface area contributed by atoms with Gasteiger partial charge in [-0.25, -0.2) is 0 Å². The normalized spacial score (nSPS) is 9.14. The van der Waals surface area contributed by atoms with Crippen molar-refractivity contribution in [1.82, 2.24) is 0 Å². The molecule has 14 heavy (non-hydrogen) atoms. The lowest BCUT2D eigenvalue weighted by Gasteiger charge is -2.03. The lowest BCUT2D eigenvalue weighted by molar-refractivity contribution is -0.111. The Labute approximate surface area is 87.3 Å². The van der Waals surface area contributed by atoms with E-state index in [1.807, 2.05) is 6.07 Å². The lowest BCUT2D eigenvalue weighted by Crippen LogP contribution is -2.04. The van der Waals surface area contributed by atoms with E-state index in [0.29, 0.717) is 18.5 Å². The highest BCUT2D eigenvalue weighted by molar-refractivity contribution is 6.63. The minimum Gasteiger partial charge on any atom is -0.385 e. The second-order valence-electron chi connectivity index (χ2n) is 2.72. The third-order valence-corrected chi connectivity index (χ3v) is 1.85. The minimum atomic E-state index is -0.355. The Morgan fingerprint density at radius 3 is 2.57 bits per heavy atom. The molecule has 1 aromatic carbocycles. The van der Waals surface area contributed by atoms with E-state index in [1.165, 1.54) is 0 Å². The van der Waals surface area contributed by atoms with Gasteiger partial charge in [-0.15, -0.1) is 0 Å². The van der Waals surface area contributed by atoms with Gasteiger partial charge in [-0.2, -0.15) is 5.26 Å². The molecule has 1 rings (SSSR count). The Kier molecular flexibility index (Phi) is 3.96. The molecule has 0 aliphatic rings. The van der Waals surface area contributed by atoms with Crippen LogP contribution in [0, 0.1) is 11.3 Å². The quantitative estimate of drug-likeness (QED) is 0.772. The van der Waals surface area contributed by atoms with Crippen LogP contribution in [-0.4, -0.2) is 11.8 Å². The molecule has 3 nitrogen and oxygen atoms in total. The van der Waals surface area contributed by atoms with Crippen molar-refractivity contribution in [2.45, 2.75) is 6.42 Å². The van der Waals surface area contributed by atoms with Crippen molar-refractivity contribution >= 4 is 22.5 Å². The van der Waals surface area contributed by atoms with Gasteiger partial charge in [-0.05, 0) is 35.9 Å². The molecule has 0 aliphatic carbocycles. The SMILES string of the molecule is N#Cc1ccc(NCCC(=O)Cl)cc1. The monoisotopic (exact) mass is 208 g/mol. The first-order valence-electron chi connectivity index (χ1n) is 4.15. The van der Waals surface area contributed by atoms with Crippen LogP contribution in [0.4, 0.5) is 5.69 Å². The molecule has 0 atom stereocenters. The number of halogens is 1. The number of carbonyl (C=O) groups excluding carboxylic acids is 1. The van der Waals surface area contributed by atoms with Crippen molar-refractivity contribution in [1.29, 1.82) is 5.26 Å². The predicted octanol–water partition coefficient (Wildman–Crippen LogP) is 2.13. The molecule has 0 saturated carbocycles. The largest absolute Gasteiger partial charge is 0.385 e. The van der Waals surface area contributed by atoms with Gasteiger partial charge in [0.15, 0.2) is 0 Å². The van der Waals surface area contributed by atoms with E-state index in [9.17, 15) is 4.79 Å². The number of anilines is 1. The molecule has 0 unspecified atom stereocenters. The molecular formula is C10H9ClN2O. The fourth-order valence-corrected chi connectivity index (χ4v) is 1.06. The molecule has 0 fully saturated rings. The van der Waals surface area contributed by atoms with E-state index in [1.54, 1.807) is 24.3 Å². The van der Waals surface area contributed by atoms with E-state index in [2.05, 4.69) is 5.32 Å². The van der Waals surface area contributed by atoms with E-state index in [4.69, 9.17) is 16.9 Å². The van der Waals surface area contributed by atoms with Crippen LogP contribution in [0.1, 0.15) is 12.0 Å². The summed E-state index contributed by atoms with van der Waals surface area (Å²) < 4.78 is 0. The van der Waals surface area contributed by atoms with Gasteiger partial charge in [-0.3, -0.25) is 4.79 Å². The number of benzene rings is 1. The zero-order chi connectivity index (χ0) is 10.4. The van der Waals surface area contributed by atoms with Gasteiger partial charge in [0.2, 0.25) is 5.24 Å². The van der Waals surface area contributed by atoms with Gasteiger partial charge < -0.3 is 5.32 Å². The summed E-state index contributed by atoms with van der Waals surface area (Å²) in [6.07, 6.45) is 0.293. The van der Waals surface area contributed by atoms with Gasteiger partial charge in [0.1, 0.15) is 0 Å². The highest BCUT2D eigenvalue weighted by Gasteiger charge is 1.96. The third-order valence-electron chi connectivity index (χ3n) is 1.66. The summed E-state index contributed by atoms with van der Waals surface area (Å²) in [4.78, 5) is 10.4. The molecule has 0 radical (unpaired) electrons. The third kappa shape index (κ3) is 3.46. The maximum absolute atomic E-state index is 10.4. The molecule has 0 aromatic heterocycles. The van der Waals surface area contributed by atoms with Gasteiger partial charge >= 0.3 is 0 Å². The molecule has 4 heteroatoms. The van der Waals surface area contributed by atoms with Gasteiger partial charge in [0.05, 0.1) is 11.6 Å². The summed E-state index contributed by atoms with van der Waals surface area (Å²) in [5.41, 5.74) is 1.49. The number of rotatable bonds is 4. The van der Waals surface area contributed by atoms with Crippen LogP contribution in [0.2, 0.25) is 0 Å². The van der Waals surface area contributed by atoms with Crippen molar-refractivity contribution in [2.75, 3.05) is 11.9 Å². The summed E-state index contributed by atoms with van der Waals surface area (Å²) in [6.45, 7) is 0.508. The van der Waals surface area contributed by atoms with Crippen LogP contribution >= 0.6 is 11.6 Å². The summed E-state index contributed by atoms with van der Waals surface area (Å²) in [5.74, 6) is 0. The zero-order valence-electron chi connectivity index (χ0n) is 7.46. The molecule has 0 heterocycles. The summed E-state index contributed by atoms with van der Waals surface area (Å²) in [7, 11) is 0. The lowest BCUT2D eigenvalue weighted by atomic mass is 10.2. The van der Waals surface area contributed by atoms with Crippen molar-refractivity contribution in [2.24, 2.45) is 0 Å². The first kappa shape index (κ1) is 10.6. The molecule has 1 N–H and O–H groups in total. The molecule has 1 aromatic rings. The maximum atomic E-state index is 10.4. The molecule has 0 aliphatic heterocycles. The van der Waals surface area contributed by atoms with Crippen LogP contribution in [0.15, 0.2) is 24.3 Å². The summed E-state index contributed by atoms with van der Waals surface area (Å²) >= 11 is 5.17. The van der Waals surface area contributed by atoms with Crippen molar-refractivity contribution in [3.8, 4) is 6.07 Å². The summed E-state index contributed by atoms with van der Waals surface area (Å²) in [6, 6.07) is 9.03. The Balaban J connectivity index is 2.45. The topological polar surface area (TPSA) is 52.9 Å². The average Bonchev–Trinajstić information content (AvgIpc) is 2.18. The van der Waals surface area contributed by atoms with Crippen LogP contribution in [0.5, 0.6) is 0 Å². The van der Waals surface area contributed by atoms with Crippen LogP contribution < -0.4 is 5.32 Å². The van der Waals surface area contributed by atoms with E-state index >= 15 is 0 Å². The van der Waals surface area contributed by atoms with E-state index < -0.39 is 0 Å². The van der Waals surface area contributed by atoms with Crippen molar-refractivity contribution in [3.63, 3.8) is 0 Å². The number of hydrogen-bond acceptors (Lipinski definition) is 3. The molecule has 0 amide bonds. The van der Waals surface area contributed by atoms with E-state index in [-0.39, 0.29) is 5.24 Å². The minimum absolute atomic E-state index is 0.293. The van der Waals surface area contributed by atoms with Crippen LogP contribution in [-0.2, 0) is 4.79 Å². The Morgan fingerprint density at radius 2 is 2.07 bits per heavy atom. The van der Waals surface area contributed by atoms with Gasteiger partial charge in [0.25, 0.3) is 0 Å². The number of nitriles is 1. The smallest absolute Gasteiger partial charge is 0.223 e. The molecular weight excluding hydrogens is 200 g/mol. The average molecular weight is 209 g/mol. The van der Waals surface area contributed by atoms with E-state index in [0.717, 1.165) is 5.69 Å². The highest BCUT2D eigenvalue weighted by atomic mass is 35.5. The van der Waals surface area contributed by atoms with Crippen LogP contribution in [0.25, 0.3) is 0 Å². The second-order valence-corrected chi connectivity index (χ2v) is 3.14. The number of hydrogen-bond donors (Lipinski definition) is 1. The predicted molar refractivity (Wildman–Crippen MR) is 55.1 cm³/mol. The fraction of sp³-hybridized carbons (Fsp3) is 0.200. The highest BCUT2D eigenvalue weighted by Crippen LogP contribution is 2.08. The standard InChI is InChI=1S/C10H9ClN2O/c11-10(14)5-6-13-9-3-1-8(7-12)2-4-9/h1-4,13H,5-6H2. The Hall–Kier alpha value is -1.53. The van der Waals surface area contributed by atoms with Crippen LogP contribution in [0.3, 0.4) is 0 Å². The van der Waals surface area contributed by atoms with Gasteiger partial charge in [0, 0.05) is 18.7 Å². The number of nitrogens with one attached hydrogen (secondary N) is 1. The first-order chi connectivity index (χ1) is 6.72.